The summed E-state index contributed by atoms with van der Waals surface area (Å²) in [6.07, 6.45) is 10.3. The molecule has 0 aromatic rings. The lowest BCUT2D eigenvalue weighted by atomic mass is 9.55. The van der Waals surface area contributed by atoms with Gasteiger partial charge in [0.2, 0.25) is 0 Å². The van der Waals surface area contributed by atoms with E-state index in [1.807, 2.05) is 0 Å². The highest BCUT2D eigenvalue weighted by molar-refractivity contribution is 5.20. The van der Waals surface area contributed by atoms with E-state index < -0.39 is 0 Å². The van der Waals surface area contributed by atoms with Crippen molar-refractivity contribution in [2.45, 2.75) is 58.9 Å². The summed E-state index contributed by atoms with van der Waals surface area (Å²) in [6, 6.07) is 0. The molecule has 0 spiro atoms. The zero-order valence-electron chi connectivity index (χ0n) is 15.2. The van der Waals surface area contributed by atoms with Gasteiger partial charge in [0.05, 0.1) is 0 Å². The average Bonchev–Trinajstić information content (AvgIpc) is 2.76. The third-order valence-corrected chi connectivity index (χ3v) is 7.62. The van der Waals surface area contributed by atoms with Gasteiger partial charge in [0.25, 0.3) is 0 Å². The molecule has 0 N–H and O–H groups in total. The third-order valence-electron chi connectivity index (χ3n) is 7.62. The maximum atomic E-state index is 4.88. The second-order valence-electron chi connectivity index (χ2n) is 8.74. The SMILES string of the molecule is C=C(C)/C=C/[C@H]1[C@H](C)[C@H]2CC[C@](C)([N-]C)[C@H]3CC[C@@H](C)[C@@H]1[C@H]23. The summed E-state index contributed by atoms with van der Waals surface area (Å²) in [5.41, 5.74) is 1.43. The van der Waals surface area contributed by atoms with E-state index in [4.69, 9.17) is 5.32 Å². The molecule has 0 unspecified atom stereocenters. The first kappa shape index (κ1) is 16.3. The highest BCUT2D eigenvalue weighted by atomic mass is 15.0. The van der Waals surface area contributed by atoms with Crippen molar-refractivity contribution < 1.29 is 0 Å². The molecule has 3 aliphatic carbocycles. The van der Waals surface area contributed by atoms with Gasteiger partial charge >= 0.3 is 0 Å². The highest BCUT2D eigenvalue weighted by Gasteiger charge is 2.57. The van der Waals surface area contributed by atoms with E-state index in [2.05, 4.69) is 53.5 Å². The fraction of sp³-hybridized carbons (Fsp3) is 0.810. The van der Waals surface area contributed by atoms with E-state index in [0.29, 0.717) is 0 Å². The number of hydrogen-bond acceptors (Lipinski definition) is 0. The molecule has 3 saturated carbocycles. The Morgan fingerprint density at radius 2 is 1.91 bits per heavy atom. The Morgan fingerprint density at radius 1 is 1.18 bits per heavy atom. The van der Waals surface area contributed by atoms with Gasteiger partial charge in [-0.05, 0) is 42.4 Å². The summed E-state index contributed by atoms with van der Waals surface area (Å²) in [5, 5.41) is 4.88. The quantitative estimate of drug-likeness (QED) is 0.582. The second kappa shape index (κ2) is 5.82. The van der Waals surface area contributed by atoms with Crippen molar-refractivity contribution in [3.8, 4) is 0 Å². The Labute approximate surface area is 137 Å². The van der Waals surface area contributed by atoms with Crippen molar-refractivity contribution in [1.29, 1.82) is 0 Å². The lowest BCUT2D eigenvalue weighted by molar-refractivity contribution is 0.0130. The first-order chi connectivity index (χ1) is 10.4. The van der Waals surface area contributed by atoms with Crippen LogP contribution in [0.15, 0.2) is 24.3 Å². The van der Waals surface area contributed by atoms with Crippen LogP contribution >= 0.6 is 0 Å². The lowest BCUT2D eigenvalue weighted by Crippen LogP contribution is -2.49. The van der Waals surface area contributed by atoms with Gasteiger partial charge in [-0.15, -0.1) is 5.54 Å². The van der Waals surface area contributed by atoms with Gasteiger partial charge in [-0.25, -0.2) is 0 Å². The molecule has 0 aromatic carbocycles. The molecule has 3 aliphatic rings. The lowest BCUT2D eigenvalue weighted by Gasteiger charge is -2.60. The maximum Gasteiger partial charge on any atom is -0.0168 e. The summed E-state index contributed by atoms with van der Waals surface area (Å²) < 4.78 is 0. The first-order valence-electron chi connectivity index (χ1n) is 9.33. The van der Waals surface area contributed by atoms with Crippen molar-refractivity contribution in [2.75, 3.05) is 7.05 Å². The van der Waals surface area contributed by atoms with E-state index in [-0.39, 0.29) is 5.54 Å². The molecule has 3 rings (SSSR count). The number of hydrogen-bond donors (Lipinski definition) is 0. The molecule has 1 nitrogen and oxygen atoms in total. The Kier molecular flexibility index (Phi) is 4.31. The standard InChI is InChI=1S/C21H34N/c1-13(2)7-9-16-15(4)17-11-12-21(5,22-6)18-10-8-14(3)19(16)20(17)18/h7,9,14-20H,1,8,10-12H2,2-6H3/q-1/b9-7+/t14-,15+,16+,17-,18+,19+,20-,21+/m1/s1. The van der Waals surface area contributed by atoms with Crippen LogP contribution in [0.5, 0.6) is 0 Å². The molecule has 0 aliphatic heterocycles. The van der Waals surface area contributed by atoms with Crippen LogP contribution in [0.3, 0.4) is 0 Å². The van der Waals surface area contributed by atoms with E-state index in [9.17, 15) is 0 Å². The molecule has 0 bridgehead atoms. The van der Waals surface area contributed by atoms with Gasteiger partial charge in [-0.1, -0.05) is 76.7 Å². The predicted molar refractivity (Wildman–Crippen MR) is 95.9 cm³/mol. The summed E-state index contributed by atoms with van der Waals surface area (Å²) in [5.74, 6) is 5.97. The van der Waals surface area contributed by atoms with Gasteiger partial charge in [-0.3, -0.25) is 0 Å². The summed E-state index contributed by atoms with van der Waals surface area (Å²) in [7, 11) is 2.06. The Bertz CT molecular complexity index is 465. The molecule has 124 valence electrons. The fourth-order valence-electron chi connectivity index (χ4n) is 6.36. The molecule has 0 heterocycles. The maximum absolute atomic E-state index is 4.88. The van der Waals surface area contributed by atoms with Gasteiger partial charge in [0.1, 0.15) is 0 Å². The summed E-state index contributed by atoms with van der Waals surface area (Å²) in [6.45, 7) is 13.6. The smallest absolute Gasteiger partial charge is 0.0168 e. The first-order valence-corrected chi connectivity index (χ1v) is 9.33. The Hall–Kier alpha value is -0.560. The molecule has 8 atom stereocenters. The molecule has 1 heteroatoms. The Morgan fingerprint density at radius 3 is 2.55 bits per heavy atom. The van der Waals surface area contributed by atoms with Crippen LogP contribution in [0.1, 0.15) is 53.4 Å². The molecule has 3 fully saturated rings. The van der Waals surface area contributed by atoms with Gasteiger partial charge in [0, 0.05) is 0 Å². The molecular weight excluding hydrogens is 266 g/mol. The van der Waals surface area contributed by atoms with Crippen LogP contribution in [0, 0.1) is 41.4 Å². The predicted octanol–water partition coefficient (Wildman–Crippen LogP) is 5.84. The van der Waals surface area contributed by atoms with Crippen molar-refractivity contribution >= 4 is 0 Å². The molecule has 0 radical (unpaired) electrons. The molecule has 0 amide bonds. The minimum Gasteiger partial charge on any atom is -0.659 e. The van der Waals surface area contributed by atoms with Crippen molar-refractivity contribution in [2.24, 2.45) is 41.4 Å². The molecule has 0 aromatic heterocycles. The van der Waals surface area contributed by atoms with Crippen LogP contribution in [0.4, 0.5) is 0 Å². The van der Waals surface area contributed by atoms with Crippen LogP contribution in [0.2, 0.25) is 0 Å². The van der Waals surface area contributed by atoms with Crippen LogP contribution in [-0.4, -0.2) is 12.6 Å². The number of nitrogens with zero attached hydrogens (tertiary/aromatic N) is 1. The van der Waals surface area contributed by atoms with Gasteiger partial charge in [0.15, 0.2) is 0 Å². The van der Waals surface area contributed by atoms with Gasteiger partial charge < -0.3 is 5.32 Å². The molecular formula is C21H34N-. The largest absolute Gasteiger partial charge is 0.659 e. The average molecular weight is 301 g/mol. The summed E-state index contributed by atoms with van der Waals surface area (Å²) in [4.78, 5) is 0. The zero-order chi connectivity index (χ0) is 16.1. The van der Waals surface area contributed by atoms with Crippen molar-refractivity contribution in [3.05, 3.63) is 29.6 Å². The zero-order valence-corrected chi connectivity index (χ0v) is 15.2. The van der Waals surface area contributed by atoms with E-state index in [1.165, 1.54) is 31.3 Å². The third kappa shape index (κ3) is 2.40. The van der Waals surface area contributed by atoms with E-state index in [0.717, 1.165) is 41.4 Å². The van der Waals surface area contributed by atoms with Crippen LogP contribution < -0.4 is 0 Å². The van der Waals surface area contributed by atoms with Crippen molar-refractivity contribution in [3.63, 3.8) is 0 Å². The monoisotopic (exact) mass is 300 g/mol. The van der Waals surface area contributed by atoms with Crippen LogP contribution in [0.25, 0.3) is 5.32 Å². The molecule has 0 saturated heterocycles. The topological polar surface area (TPSA) is 14.1 Å². The second-order valence-corrected chi connectivity index (χ2v) is 8.74. The minimum atomic E-state index is 0.242. The number of allylic oxidation sites excluding steroid dienone is 3. The number of rotatable bonds is 3. The summed E-state index contributed by atoms with van der Waals surface area (Å²) >= 11 is 0. The molecule has 22 heavy (non-hydrogen) atoms. The fourth-order valence-corrected chi connectivity index (χ4v) is 6.36. The van der Waals surface area contributed by atoms with Crippen LogP contribution in [-0.2, 0) is 0 Å². The minimum absolute atomic E-state index is 0.242. The normalized spacial score (nSPS) is 51.0. The Balaban J connectivity index is 1.95. The van der Waals surface area contributed by atoms with E-state index in [1.54, 1.807) is 0 Å². The van der Waals surface area contributed by atoms with E-state index >= 15 is 0 Å². The highest BCUT2D eigenvalue weighted by Crippen LogP contribution is 2.64. The van der Waals surface area contributed by atoms with Gasteiger partial charge in [-0.2, -0.15) is 7.05 Å². The van der Waals surface area contributed by atoms with Crippen molar-refractivity contribution in [1.82, 2.24) is 0 Å².